The second-order valence-corrected chi connectivity index (χ2v) is 4.97. The van der Waals surface area contributed by atoms with Crippen LogP contribution in [0.25, 0.3) is 0 Å². The van der Waals surface area contributed by atoms with Crippen molar-refractivity contribution in [2.24, 2.45) is 5.73 Å². The molecule has 0 bridgehead atoms. The Labute approximate surface area is 84.7 Å². The standard InChI is InChI=1S/C8H17NOS.C2H6/c9-6-3-7-11(10)8-4-1-2-5-8;1-2/h8H,1-7,9H2;1-2H3. The molecule has 0 aromatic heterocycles. The van der Waals surface area contributed by atoms with E-state index in [1.54, 1.807) is 0 Å². The highest BCUT2D eigenvalue weighted by atomic mass is 32.2. The van der Waals surface area contributed by atoms with E-state index in [0.717, 1.165) is 12.2 Å². The lowest BCUT2D eigenvalue weighted by Gasteiger charge is -2.07. The molecule has 0 aromatic rings. The topological polar surface area (TPSA) is 43.1 Å². The van der Waals surface area contributed by atoms with E-state index in [9.17, 15) is 4.21 Å². The van der Waals surface area contributed by atoms with Crippen molar-refractivity contribution in [3.8, 4) is 0 Å². The van der Waals surface area contributed by atoms with Crippen molar-refractivity contribution in [2.45, 2.75) is 51.2 Å². The van der Waals surface area contributed by atoms with Crippen LogP contribution in [0.4, 0.5) is 0 Å². The van der Waals surface area contributed by atoms with Crippen LogP contribution in [0.3, 0.4) is 0 Å². The van der Waals surface area contributed by atoms with Crippen molar-refractivity contribution in [1.82, 2.24) is 0 Å². The number of hydrogen-bond donors (Lipinski definition) is 1. The van der Waals surface area contributed by atoms with Crippen LogP contribution >= 0.6 is 0 Å². The minimum absolute atomic E-state index is 0.501. The number of rotatable bonds is 4. The Morgan fingerprint density at radius 2 is 1.85 bits per heavy atom. The molecule has 0 radical (unpaired) electrons. The third-order valence-corrected chi connectivity index (χ3v) is 4.13. The molecule has 80 valence electrons. The van der Waals surface area contributed by atoms with Crippen molar-refractivity contribution in [1.29, 1.82) is 0 Å². The molecular formula is C10H23NOS. The van der Waals surface area contributed by atoms with Gasteiger partial charge in [-0.25, -0.2) is 0 Å². The first kappa shape index (κ1) is 13.1. The molecule has 2 N–H and O–H groups in total. The molecule has 3 heteroatoms. The Hall–Kier alpha value is 0.110. The molecule has 1 aliphatic rings. The predicted molar refractivity (Wildman–Crippen MR) is 60.3 cm³/mol. The van der Waals surface area contributed by atoms with E-state index in [0.29, 0.717) is 11.8 Å². The summed E-state index contributed by atoms with van der Waals surface area (Å²) in [5, 5.41) is 0.501. The molecule has 1 fully saturated rings. The van der Waals surface area contributed by atoms with Crippen LogP contribution < -0.4 is 5.73 Å². The van der Waals surface area contributed by atoms with E-state index < -0.39 is 10.8 Å². The monoisotopic (exact) mass is 205 g/mol. The zero-order valence-electron chi connectivity index (χ0n) is 8.92. The zero-order chi connectivity index (χ0) is 10.1. The van der Waals surface area contributed by atoms with E-state index in [1.807, 2.05) is 13.8 Å². The molecule has 0 saturated heterocycles. The molecule has 0 aromatic carbocycles. The van der Waals surface area contributed by atoms with Crippen molar-refractivity contribution >= 4 is 10.8 Å². The Bertz CT molecular complexity index is 133. The summed E-state index contributed by atoms with van der Waals surface area (Å²) in [6.07, 6.45) is 5.83. The summed E-state index contributed by atoms with van der Waals surface area (Å²) < 4.78 is 11.5. The smallest absolute Gasteiger partial charge is 0.0348 e. The fourth-order valence-electron chi connectivity index (χ4n) is 1.54. The lowest BCUT2D eigenvalue weighted by Crippen LogP contribution is -2.15. The predicted octanol–water partition coefficient (Wildman–Crippen LogP) is 2.05. The molecular weight excluding hydrogens is 182 g/mol. The SMILES string of the molecule is CC.NCCCS(=O)C1CCCC1. The van der Waals surface area contributed by atoms with E-state index in [-0.39, 0.29) is 0 Å². The van der Waals surface area contributed by atoms with E-state index in [1.165, 1.54) is 25.7 Å². The zero-order valence-corrected chi connectivity index (χ0v) is 9.74. The molecule has 1 atom stereocenters. The second-order valence-electron chi connectivity index (χ2n) is 3.13. The minimum atomic E-state index is -0.575. The summed E-state index contributed by atoms with van der Waals surface area (Å²) >= 11 is 0. The Morgan fingerprint density at radius 3 is 2.31 bits per heavy atom. The number of hydrogen-bond acceptors (Lipinski definition) is 2. The molecule has 13 heavy (non-hydrogen) atoms. The van der Waals surface area contributed by atoms with Crippen LogP contribution in [0, 0.1) is 0 Å². The maximum Gasteiger partial charge on any atom is 0.0348 e. The van der Waals surface area contributed by atoms with Crippen molar-refractivity contribution in [2.75, 3.05) is 12.3 Å². The fourth-order valence-corrected chi connectivity index (χ4v) is 3.19. The summed E-state index contributed by atoms with van der Waals surface area (Å²) in [5.41, 5.74) is 5.34. The summed E-state index contributed by atoms with van der Waals surface area (Å²) in [6.45, 7) is 4.68. The van der Waals surface area contributed by atoms with Gasteiger partial charge < -0.3 is 5.73 Å². The van der Waals surface area contributed by atoms with Crippen molar-refractivity contribution in [3.63, 3.8) is 0 Å². The number of nitrogens with two attached hydrogens (primary N) is 1. The third kappa shape index (κ3) is 5.42. The highest BCUT2D eigenvalue weighted by Gasteiger charge is 2.20. The largest absolute Gasteiger partial charge is 0.330 e. The van der Waals surface area contributed by atoms with Gasteiger partial charge in [-0.05, 0) is 25.8 Å². The molecule has 0 amide bonds. The molecule has 1 saturated carbocycles. The maximum absolute atomic E-state index is 11.5. The van der Waals surface area contributed by atoms with Crippen LogP contribution in [0.1, 0.15) is 46.0 Å². The highest BCUT2D eigenvalue weighted by Crippen LogP contribution is 2.22. The summed E-state index contributed by atoms with van der Waals surface area (Å²) in [4.78, 5) is 0. The van der Waals surface area contributed by atoms with Gasteiger partial charge in [0.15, 0.2) is 0 Å². The Morgan fingerprint density at radius 1 is 1.31 bits per heavy atom. The summed E-state index contributed by atoms with van der Waals surface area (Å²) in [5.74, 6) is 0.821. The molecule has 0 aliphatic heterocycles. The lowest BCUT2D eigenvalue weighted by atomic mass is 10.4. The van der Waals surface area contributed by atoms with Crippen LogP contribution in [0.15, 0.2) is 0 Å². The van der Waals surface area contributed by atoms with Crippen molar-refractivity contribution in [3.05, 3.63) is 0 Å². The van der Waals surface area contributed by atoms with Gasteiger partial charge in [-0.3, -0.25) is 4.21 Å². The summed E-state index contributed by atoms with van der Waals surface area (Å²) in [6, 6.07) is 0. The molecule has 1 unspecified atom stereocenters. The van der Waals surface area contributed by atoms with Crippen molar-refractivity contribution < 1.29 is 4.21 Å². The first-order chi connectivity index (χ1) is 6.34. The van der Waals surface area contributed by atoms with Gasteiger partial charge in [0.1, 0.15) is 0 Å². The normalized spacial score (nSPS) is 19.3. The first-order valence-electron chi connectivity index (χ1n) is 5.42. The third-order valence-electron chi connectivity index (χ3n) is 2.22. The quantitative estimate of drug-likeness (QED) is 0.763. The van der Waals surface area contributed by atoms with Gasteiger partial charge in [-0.2, -0.15) is 0 Å². The van der Waals surface area contributed by atoms with Crippen LogP contribution in [-0.4, -0.2) is 21.8 Å². The van der Waals surface area contributed by atoms with E-state index in [2.05, 4.69) is 0 Å². The average Bonchev–Trinajstić information content (AvgIpc) is 2.70. The minimum Gasteiger partial charge on any atom is -0.330 e. The van der Waals surface area contributed by atoms with Gasteiger partial charge in [0.25, 0.3) is 0 Å². The van der Waals surface area contributed by atoms with Gasteiger partial charge in [0.05, 0.1) is 0 Å². The lowest BCUT2D eigenvalue weighted by molar-refractivity contribution is 0.666. The van der Waals surface area contributed by atoms with E-state index in [4.69, 9.17) is 5.73 Å². The average molecular weight is 205 g/mol. The van der Waals surface area contributed by atoms with Gasteiger partial charge in [0, 0.05) is 21.8 Å². The van der Waals surface area contributed by atoms with Gasteiger partial charge in [0.2, 0.25) is 0 Å². The second kappa shape index (κ2) is 8.70. The Kier molecular flexibility index (Phi) is 8.77. The highest BCUT2D eigenvalue weighted by molar-refractivity contribution is 7.85. The fraction of sp³-hybridized carbons (Fsp3) is 1.00. The maximum atomic E-state index is 11.5. The molecule has 0 spiro atoms. The molecule has 1 rings (SSSR count). The molecule has 0 heterocycles. The molecule has 1 aliphatic carbocycles. The molecule has 2 nitrogen and oxygen atoms in total. The van der Waals surface area contributed by atoms with Gasteiger partial charge in [-0.1, -0.05) is 26.7 Å². The summed E-state index contributed by atoms with van der Waals surface area (Å²) in [7, 11) is -0.575. The van der Waals surface area contributed by atoms with Crippen LogP contribution in [-0.2, 0) is 10.8 Å². The van der Waals surface area contributed by atoms with Gasteiger partial charge in [-0.15, -0.1) is 0 Å². The van der Waals surface area contributed by atoms with Crippen LogP contribution in [0.2, 0.25) is 0 Å². The van der Waals surface area contributed by atoms with Gasteiger partial charge >= 0.3 is 0 Å². The van der Waals surface area contributed by atoms with E-state index >= 15 is 0 Å². The first-order valence-corrected chi connectivity index (χ1v) is 6.80. The Balaban J connectivity index is 0.000000671. The van der Waals surface area contributed by atoms with Crippen LogP contribution in [0.5, 0.6) is 0 Å².